The molecule has 2 aromatic carbocycles. The van der Waals surface area contributed by atoms with Crippen molar-refractivity contribution in [2.75, 3.05) is 0 Å². The number of halogens is 1. The van der Waals surface area contributed by atoms with Crippen LogP contribution in [-0.2, 0) is 0 Å². The number of hydrogen-bond acceptors (Lipinski definition) is 0. The molecule has 0 heterocycles. The van der Waals surface area contributed by atoms with E-state index in [1.807, 2.05) is 24.3 Å². The van der Waals surface area contributed by atoms with Crippen molar-refractivity contribution in [1.29, 1.82) is 0 Å². The van der Waals surface area contributed by atoms with Crippen LogP contribution in [0.15, 0.2) is 54.6 Å². The van der Waals surface area contributed by atoms with Crippen molar-refractivity contribution in [3.05, 3.63) is 77.1 Å². The van der Waals surface area contributed by atoms with Crippen molar-refractivity contribution < 1.29 is 4.39 Å². The summed E-state index contributed by atoms with van der Waals surface area (Å²) < 4.78 is 13.8. The summed E-state index contributed by atoms with van der Waals surface area (Å²) >= 11 is 0. The first-order chi connectivity index (χ1) is 8.36. The largest absolute Gasteiger partial charge is 0.207 e. The summed E-state index contributed by atoms with van der Waals surface area (Å²) in [4.78, 5) is 0. The van der Waals surface area contributed by atoms with E-state index in [0.717, 1.165) is 12.0 Å². The van der Waals surface area contributed by atoms with Crippen molar-refractivity contribution >= 4 is 6.08 Å². The monoisotopic (exact) mass is 224 g/mol. The number of hydrogen-bond donors (Lipinski definition) is 0. The first kappa shape index (κ1) is 10.3. The molecule has 0 bridgehead atoms. The first-order valence-electron chi connectivity index (χ1n) is 5.86. The van der Waals surface area contributed by atoms with Gasteiger partial charge in [-0.15, -0.1) is 0 Å². The van der Waals surface area contributed by atoms with E-state index in [4.69, 9.17) is 0 Å². The van der Waals surface area contributed by atoms with Gasteiger partial charge in [-0.05, 0) is 29.2 Å². The molecule has 17 heavy (non-hydrogen) atoms. The maximum absolute atomic E-state index is 13.8. The third kappa shape index (κ3) is 1.78. The van der Waals surface area contributed by atoms with Crippen molar-refractivity contribution in [3.8, 4) is 0 Å². The van der Waals surface area contributed by atoms with E-state index < -0.39 is 0 Å². The fraction of sp³-hybridized carbons (Fsp3) is 0.125. The van der Waals surface area contributed by atoms with Crippen molar-refractivity contribution in [3.63, 3.8) is 0 Å². The Morgan fingerprint density at radius 2 is 1.59 bits per heavy atom. The Hall–Kier alpha value is -1.89. The maximum Gasteiger partial charge on any atom is 0.127 e. The predicted octanol–water partition coefficient (Wildman–Crippen LogP) is 4.37. The summed E-state index contributed by atoms with van der Waals surface area (Å²) in [6.45, 7) is 0. The second-order valence-corrected chi connectivity index (χ2v) is 4.34. The van der Waals surface area contributed by atoms with Crippen LogP contribution in [0.5, 0.6) is 0 Å². The van der Waals surface area contributed by atoms with Crippen LogP contribution >= 0.6 is 0 Å². The van der Waals surface area contributed by atoms with E-state index in [2.05, 4.69) is 24.3 Å². The molecule has 0 fully saturated rings. The topological polar surface area (TPSA) is 0 Å². The van der Waals surface area contributed by atoms with Gasteiger partial charge in [-0.1, -0.05) is 54.6 Å². The maximum atomic E-state index is 13.8. The van der Waals surface area contributed by atoms with Crippen LogP contribution in [0.3, 0.4) is 0 Å². The third-order valence-corrected chi connectivity index (χ3v) is 3.32. The molecule has 0 saturated carbocycles. The van der Waals surface area contributed by atoms with Gasteiger partial charge in [0.25, 0.3) is 0 Å². The van der Waals surface area contributed by atoms with Crippen LogP contribution in [0.1, 0.15) is 29.0 Å². The Labute approximate surface area is 100 Å². The minimum absolute atomic E-state index is 0.109. The summed E-state index contributed by atoms with van der Waals surface area (Å²) in [5.74, 6) is 0.0417. The quantitative estimate of drug-likeness (QED) is 0.674. The second kappa shape index (κ2) is 4.17. The van der Waals surface area contributed by atoms with E-state index in [1.165, 1.54) is 17.2 Å². The molecule has 1 atom stereocenters. The average Bonchev–Trinajstić information content (AvgIpc) is 2.39. The van der Waals surface area contributed by atoms with Crippen LogP contribution in [0, 0.1) is 5.82 Å². The molecule has 0 amide bonds. The molecular formula is C16H13F. The predicted molar refractivity (Wildman–Crippen MR) is 68.3 cm³/mol. The molecule has 0 N–H and O–H groups in total. The zero-order chi connectivity index (χ0) is 11.7. The molecule has 0 saturated heterocycles. The van der Waals surface area contributed by atoms with Crippen LogP contribution in [-0.4, -0.2) is 0 Å². The van der Waals surface area contributed by atoms with E-state index >= 15 is 0 Å². The molecule has 1 aliphatic carbocycles. The minimum Gasteiger partial charge on any atom is -0.207 e. The highest BCUT2D eigenvalue weighted by Crippen LogP contribution is 2.35. The fourth-order valence-electron chi connectivity index (χ4n) is 2.49. The van der Waals surface area contributed by atoms with Crippen molar-refractivity contribution in [1.82, 2.24) is 0 Å². The summed E-state index contributed by atoms with van der Waals surface area (Å²) in [5.41, 5.74) is 3.22. The molecule has 0 aliphatic heterocycles. The number of benzene rings is 2. The minimum atomic E-state index is -0.109. The Bertz CT molecular complexity index is 569. The molecule has 3 rings (SSSR count). The van der Waals surface area contributed by atoms with Crippen LogP contribution in [0.4, 0.5) is 4.39 Å². The molecule has 0 radical (unpaired) electrons. The lowest BCUT2D eigenvalue weighted by Crippen LogP contribution is -2.07. The summed E-state index contributed by atoms with van der Waals surface area (Å²) in [6, 6.07) is 15.3. The average molecular weight is 224 g/mol. The normalized spacial score (nSPS) is 17.8. The molecule has 0 spiro atoms. The van der Waals surface area contributed by atoms with Gasteiger partial charge >= 0.3 is 0 Å². The molecule has 0 nitrogen and oxygen atoms in total. The molecule has 0 aromatic heterocycles. The summed E-state index contributed by atoms with van der Waals surface area (Å²) in [5, 5.41) is 0. The SMILES string of the molecule is Fc1ccccc1C1CC=Cc2ccccc21. The van der Waals surface area contributed by atoms with Gasteiger partial charge in [0, 0.05) is 5.92 Å². The molecule has 1 aliphatic rings. The van der Waals surface area contributed by atoms with Gasteiger partial charge in [-0.2, -0.15) is 0 Å². The van der Waals surface area contributed by atoms with Gasteiger partial charge in [0.05, 0.1) is 0 Å². The molecule has 1 unspecified atom stereocenters. The zero-order valence-corrected chi connectivity index (χ0v) is 9.44. The number of allylic oxidation sites excluding steroid dienone is 1. The highest BCUT2D eigenvalue weighted by molar-refractivity contribution is 5.59. The van der Waals surface area contributed by atoms with Crippen LogP contribution < -0.4 is 0 Å². The van der Waals surface area contributed by atoms with Gasteiger partial charge in [0.1, 0.15) is 5.82 Å². The van der Waals surface area contributed by atoms with Gasteiger partial charge in [-0.25, -0.2) is 4.39 Å². The fourth-order valence-corrected chi connectivity index (χ4v) is 2.49. The summed E-state index contributed by atoms with van der Waals surface area (Å²) in [6.07, 6.45) is 5.12. The van der Waals surface area contributed by atoms with E-state index in [0.29, 0.717) is 0 Å². The van der Waals surface area contributed by atoms with Crippen LogP contribution in [0.2, 0.25) is 0 Å². The Morgan fingerprint density at radius 3 is 2.41 bits per heavy atom. The second-order valence-electron chi connectivity index (χ2n) is 4.34. The number of fused-ring (bicyclic) bond motifs is 1. The lowest BCUT2D eigenvalue weighted by molar-refractivity contribution is 0.596. The molecule has 1 heteroatoms. The van der Waals surface area contributed by atoms with Gasteiger partial charge < -0.3 is 0 Å². The lowest BCUT2D eigenvalue weighted by atomic mass is 9.82. The third-order valence-electron chi connectivity index (χ3n) is 3.32. The molecule has 84 valence electrons. The van der Waals surface area contributed by atoms with E-state index in [-0.39, 0.29) is 11.7 Å². The standard InChI is InChI=1S/C16H13F/c17-16-11-4-3-9-15(16)14-10-5-7-12-6-1-2-8-13(12)14/h1-9,11,14H,10H2. The Morgan fingerprint density at radius 1 is 0.882 bits per heavy atom. The number of rotatable bonds is 1. The lowest BCUT2D eigenvalue weighted by Gasteiger charge is -2.22. The van der Waals surface area contributed by atoms with Crippen molar-refractivity contribution in [2.45, 2.75) is 12.3 Å². The van der Waals surface area contributed by atoms with E-state index in [9.17, 15) is 4.39 Å². The Kier molecular flexibility index (Phi) is 2.52. The smallest absolute Gasteiger partial charge is 0.127 e. The van der Waals surface area contributed by atoms with Gasteiger partial charge in [-0.3, -0.25) is 0 Å². The van der Waals surface area contributed by atoms with E-state index in [1.54, 1.807) is 6.07 Å². The highest BCUT2D eigenvalue weighted by atomic mass is 19.1. The van der Waals surface area contributed by atoms with Crippen molar-refractivity contribution in [2.24, 2.45) is 0 Å². The van der Waals surface area contributed by atoms with Gasteiger partial charge in [0.2, 0.25) is 0 Å². The van der Waals surface area contributed by atoms with Gasteiger partial charge in [0.15, 0.2) is 0 Å². The summed E-state index contributed by atoms with van der Waals surface area (Å²) in [7, 11) is 0. The Balaban J connectivity index is 2.12. The highest BCUT2D eigenvalue weighted by Gasteiger charge is 2.20. The first-order valence-corrected chi connectivity index (χ1v) is 5.86. The van der Waals surface area contributed by atoms with Crippen LogP contribution in [0.25, 0.3) is 6.08 Å². The molecule has 2 aromatic rings. The zero-order valence-electron chi connectivity index (χ0n) is 9.44. The molecular weight excluding hydrogens is 211 g/mol.